The lowest BCUT2D eigenvalue weighted by atomic mass is 10.1. The average molecular weight is 259 g/mol. The van der Waals surface area contributed by atoms with Gasteiger partial charge < -0.3 is 5.11 Å². The van der Waals surface area contributed by atoms with Gasteiger partial charge in [-0.3, -0.25) is 4.79 Å². The fraction of sp³-hybridized carbons (Fsp3) is 0.417. The minimum atomic E-state index is -0.166. The van der Waals surface area contributed by atoms with Crippen LogP contribution in [0.4, 0.5) is 0 Å². The van der Waals surface area contributed by atoms with E-state index in [-0.39, 0.29) is 22.9 Å². The molecule has 2 nitrogen and oxygen atoms in total. The summed E-state index contributed by atoms with van der Waals surface area (Å²) in [7, 11) is 0. The van der Waals surface area contributed by atoms with E-state index in [1.807, 2.05) is 13.8 Å². The summed E-state index contributed by atoms with van der Waals surface area (Å²) in [6, 6.07) is 6.94. The molecular formula is C12H15ClO2S. The number of carbonyl (C=O) groups is 1. The van der Waals surface area contributed by atoms with Crippen LogP contribution < -0.4 is 0 Å². The van der Waals surface area contributed by atoms with Crippen LogP contribution in [0.15, 0.2) is 24.3 Å². The van der Waals surface area contributed by atoms with Crippen LogP contribution in [0.2, 0.25) is 5.02 Å². The molecule has 0 saturated carbocycles. The highest BCUT2D eigenvalue weighted by Crippen LogP contribution is 2.22. The van der Waals surface area contributed by atoms with Gasteiger partial charge in [-0.2, -0.15) is 0 Å². The molecule has 0 saturated heterocycles. The summed E-state index contributed by atoms with van der Waals surface area (Å²) in [4.78, 5) is 12.0. The maximum Gasteiger partial charge on any atom is 0.175 e. The molecule has 0 fully saturated rings. The van der Waals surface area contributed by atoms with Gasteiger partial charge in [-0.15, -0.1) is 11.8 Å². The predicted molar refractivity (Wildman–Crippen MR) is 69.4 cm³/mol. The van der Waals surface area contributed by atoms with Gasteiger partial charge in [0.2, 0.25) is 0 Å². The number of Topliss-reactive ketones (excluding diaryl/α,β-unsaturated/α-hetero) is 1. The van der Waals surface area contributed by atoms with E-state index < -0.39 is 0 Å². The van der Waals surface area contributed by atoms with E-state index >= 15 is 0 Å². The molecule has 16 heavy (non-hydrogen) atoms. The maximum atomic E-state index is 12.0. The van der Waals surface area contributed by atoms with Gasteiger partial charge in [-0.25, -0.2) is 0 Å². The van der Waals surface area contributed by atoms with E-state index in [4.69, 9.17) is 16.7 Å². The Kier molecular flexibility index (Phi) is 5.32. The minimum Gasteiger partial charge on any atom is -0.395 e. The Balaban J connectivity index is 2.70. The SMILES string of the molecule is CC(CO)SC(C)C(=O)c1cccc(Cl)c1. The van der Waals surface area contributed by atoms with Crippen molar-refractivity contribution >= 4 is 29.1 Å². The average Bonchev–Trinajstić information content (AvgIpc) is 2.27. The molecule has 4 heteroatoms. The molecule has 0 bridgehead atoms. The molecule has 0 aromatic heterocycles. The maximum absolute atomic E-state index is 12.0. The Morgan fingerprint density at radius 2 is 2.19 bits per heavy atom. The molecule has 2 unspecified atom stereocenters. The molecule has 2 atom stereocenters. The van der Waals surface area contributed by atoms with E-state index in [1.165, 1.54) is 11.8 Å². The summed E-state index contributed by atoms with van der Waals surface area (Å²) < 4.78 is 0. The van der Waals surface area contributed by atoms with E-state index in [1.54, 1.807) is 24.3 Å². The van der Waals surface area contributed by atoms with Crippen molar-refractivity contribution in [1.29, 1.82) is 0 Å². The van der Waals surface area contributed by atoms with Gasteiger partial charge in [-0.05, 0) is 19.1 Å². The molecule has 1 aromatic rings. The Morgan fingerprint density at radius 3 is 2.75 bits per heavy atom. The first-order valence-electron chi connectivity index (χ1n) is 5.10. The van der Waals surface area contributed by atoms with Gasteiger partial charge >= 0.3 is 0 Å². The smallest absolute Gasteiger partial charge is 0.175 e. The largest absolute Gasteiger partial charge is 0.395 e. The third-order valence-electron chi connectivity index (χ3n) is 2.17. The van der Waals surface area contributed by atoms with E-state index in [0.29, 0.717) is 10.6 Å². The summed E-state index contributed by atoms with van der Waals surface area (Å²) in [5.74, 6) is 0.0489. The standard InChI is InChI=1S/C12H15ClO2S/c1-8(7-14)16-9(2)12(15)10-4-3-5-11(13)6-10/h3-6,8-9,14H,7H2,1-2H3. The molecular weight excluding hydrogens is 244 g/mol. The number of hydrogen-bond donors (Lipinski definition) is 1. The minimum absolute atomic E-state index is 0.0489. The first kappa shape index (κ1) is 13.6. The zero-order valence-electron chi connectivity index (χ0n) is 9.31. The molecule has 1 N–H and O–H groups in total. The van der Waals surface area contributed by atoms with Crippen molar-refractivity contribution in [2.75, 3.05) is 6.61 Å². The summed E-state index contributed by atoms with van der Waals surface area (Å²) in [6.07, 6.45) is 0. The summed E-state index contributed by atoms with van der Waals surface area (Å²) in [5.41, 5.74) is 0.623. The van der Waals surface area contributed by atoms with Crippen LogP contribution >= 0.6 is 23.4 Å². The normalized spacial score (nSPS) is 14.5. The molecule has 0 heterocycles. The van der Waals surface area contributed by atoms with Gasteiger partial charge in [0.05, 0.1) is 11.9 Å². The molecule has 1 aromatic carbocycles. The third-order valence-corrected chi connectivity index (χ3v) is 3.64. The highest BCUT2D eigenvalue weighted by atomic mass is 35.5. The number of aliphatic hydroxyl groups excluding tert-OH is 1. The molecule has 0 aliphatic heterocycles. The fourth-order valence-corrected chi connectivity index (χ4v) is 2.56. The second kappa shape index (κ2) is 6.28. The molecule has 0 aliphatic carbocycles. The fourth-order valence-electron chi connectivity index (χ4n) is 1.33. The number of hydrogen-bond acceptors (Lipinski definition) is 3. The summed E-state index contributed by atoms with van der Waals surface area (Å²) >= 11 is 7.29. The highest BCUT2D eigenvalue weighted by Gasteiger charge is 2.18. The van der Waals surface area contributed by atoms with Crippen LogP contribution in [-0.2, 0) is 0 Å². The quantitative estimate of drug-likeness (QED) is 0.825. The van der Waals surface area contributed by atoms with Gasteiger partial charge in [0.25, 0.3) is 0 Å². The third kappa shape index (κ3) is 3.81. The van der Waals surface area contributed by atoms with Crippen molar-refractivity contribution in [2.45, 2.75) is 24.3 Å². The van der Waals surface area contributed by atoms with Crippen molar-refractivity contribution in [3.05, 3.63) is 34.9 Å². The van der Waals surface area contributed by atoms with Gasteiger partial charge in [0.15, 0.2) is 5.78 Å². The topological polar surface area (TPSA) is 37.3 Å². The van der Waals surface area contributed by atoms with Crippen molar-refractivity contribution < 1.29 is 9.90 Å². The molecule has 1 rings (SSSR count). The first-order chi connectivity index (χ1) is 7.54. The molecule has 0 spiro atoms. The summed E-state index contributed by atoms with van der Waals surface area (Å²) in [6.45, 7) is 3.82. The molecule has 0 radical (unpaired) electrons. The number of ketones is 1. The van der Waals surface area contributed by atoms with Crippen molar-refractivity contribution in [3.8, 4) is 0 Å². The molecule has 0 aliphatic rings. The van der Waals surface area contributed by atoms with Crippen LogP contribution in [0.25, 0.3) is 0 Å². The van der Waals surface area contributed by atoms with Crippen LogP contribution in [0.5, 0.6) is 0 Å². The van der Waals surface area contributed by atoms with Crippen LogP contribution in [0, 0.1) is 0 Å². The number of benzene rings is 1. The number of aliphatic hydroxyl groups is 1. The predicted octanol–water partition coefficient (Wildman–Crippen LogP) is 3.03. The Labute approximate surface area is 105 Å². The number of rotatable bonds is 5. The number of carbonyl (C=O) groups excluding carboxylic acids is 1. The number of halogens is 1. The van der Waals surface area contributed by atoms with E-state index in [2.05, 4.69) is 0 Å². The van der Waals surface area contributed by atoms with Gasteiger partial charge in [0, 0.05) is 15.8 Å². The zero-order valence-corrected chi connectivity index (χ0v) is 10.9. The zero-order chi connectivity index (χ0) is 12.1. The van der Waals surface area contributed by atoms with Crippen LogP contribution in [0.1, 0.15) is 24.2 Å². The van der Waals surface area contributed by atoms with Gasteiger partial charge in [-0.1, -0.05) is 30.7 Å². The number of thioether (sulfide) groups is 1. The summed E-state index contributed by atoms with van der Waals surface area (Å²) in [5, 5.41) is 9.40. The van der Waals surface area contributed by atoms with Crippen molar-refractivity contribution in [1.82, 2.24) is 0 Å². The lowest BCUT2D eigenvalue weighted by molar-refractivity contribution is 0.0993. The van der Waals surface area contributed by atoms with Crippen LogP contribution in [0.3, 0.4) is 0 Å². The second-order valence-corrected chi connectivity index (χ2v) is 5.87. The monoisotopic (exact) mass is 258 g/mol. The van der Waals surface area contributed by atoms with Gasteiger partial charge in [0.1, 0.15) is 0 Å². The van der Waals surface area contributed by atoms with E-state index in [0.717, 1.165) is 0 Å². The van der Waals surface area contributed by atoms with E-state index in [9.17, 15) is 4.79 Å². The lowest BCUT2D eigenvalue weighted by Gasteiger charge is -2.14. The highest BCUT2D eigenvalue weighted by molar-refractivity contribution is 8.01. The Morgan fingerprint density at radius 1 is 1.50 bits per heavy atom. The van der Waals surface area contributed by atoms with Crippen molar-refractivity contribution in [3.63, 3.8) is 0 Å². The lowest BCUT2D eigenvalue weighted by Crippen LogP contribution is -2.18. The molecule has 0 amide bonds. The molecule has 88 valence electrons. The first-order valence-corrected chi connectivity index (χ1v) is 6.42. The van der Waals surface area contributed by atoms with Crippen LogP contribution in [-0.4, -0.2) is 28.0 Å². The Hall–Kier alpha value is -0.510. The second-order valence-electron chi connectivity index (χ2n) is 3.65. The van der Waals surface area contributed by atoms with Crippen molar-refractivity contribution in [2.24, 2.45) is 0 Å². The Bertz CT molecular complexity index is 368.